The van der Waals surface area contributed by atoms with Crippen LogP contribution in [0.5, 0.6) is 0 Å². The number of esters is 1. The van der Waals surface area contributed by atoms with Gasteiger partial charge in [0.25, 0.3) is 5.91 Å². The smallest absolute Gasteiger partial charge is 0.309 e. The van der Waals surface area contributed by atoms with E-state index in [1.807, 2.05) is 47.6 Å². The molecule has 2 heterocycles. The van der Waals surface area contributed by atoms with Gasteiger partial charge in [-0.25, -0.2) is 0 Å². The molecule has 30 heavy (non-hydrogen) atoms. The minimum atomic E-state index is -0.657. The Kier molecular flexibility index (Phi) is 6.30. The van der Waals surface area contributed by atoms with Crippen LogP contribution in [0.3, 0.4) is 0 Å². The van der Waals surface area contributed by atoms with Crippen molar-refractivity contribution in [2.45, 2.75) is 72.3 Å². The van der Waals surface area contributed by atoms with Crippen LogP contribution in [-0.2, 0) is 24.5 Å². The molecule has 0 unspecified atom stereocenters. The standard InChI is InChI=1S/C22H35N3O5/c1-8-28-20(27)17-10-15(17)11-24(12-16-13-29-22(6,7)30-16)19(26)18-9-14(2)23-25(18)21(3,4)5/h9,15-17H,8,10-13H2,1-7H3/t15-,16+,17+/m0/s1. The van der Waals surface area contributed by atoms with Crippen LogP contribution in [0.25, 0.3) is 0 Å². The van der Waals surface area contributed by atoms with Crippen LogP contribution in [0, 0.1) is 18.8 Å². The molecule has 1 saturated heterocycles. The summed E-state index contributed by atoms with van der Waals surface area (Å²) >= 11 is 0. The van der Waals surface area contributed by atoms with Crippen molar-refractivity contribution in [2.24, 2.45) is 11.8 Å². The fourth-order valence-corrected chi connectivity index (χ4v) is 3.93. The van der Waals surface area contributed by atoms with Gasteiger partial charge in [0, 0.05) is 13.1 Å². The Hall–Kier alpha value is -1.93. The number of hydrogen-bond donors (Lipinski definition) is 0. The van der Waals surface area contributed by atoms with Crippen molar-refractivity contribution in [1.29, 1.82) is 0 Å². The second-order valence-electron chi connectivity index (χ2n) is 9.77. The average Bonchev–Trinajstić information content (AvgIpc) is 3.15. The molecular weight excluding hydrogens is 386 g/mol. The number of ether oxygens (including phenoxy) is 3. The first-order valence-corrected chi connectivity index (χ1v) is 10.8. The lowest BCUT2D eigenvalue weighted by molar-refractivity contribution is -0.145. The minimum Gasteiger partial charge on any atom is -0.466 e. The van der Waals surface area contributed by atoms with Gasteiger partial charge in [-0.2, -0.15) is 5.10 Å². The first-order valence-electron chi connectivity index (χ1n) is 10.8. The maximum Gasteiger partial charge on any atom is 0.309 e. The number of carbonyl (C=O) groups is 2. The van der Waals surface area contributed by atoms with Crippen LogP contribution in [-0.4, -0.2) is 64.8 Å². The van der Waals surface area contributed by atoms with Gasteiger partial charge in [-0.05, 0) is 66.9 Å². The van der Waals surface area contributed by atoms with Crippen LogP contribution in [0.1, 0.15) is 64.1 Å². The molecule has 168 valence electrons. The van der Waals surface area contributed by atoms with Crippen LogP contribution >= 0.6 is 0 Å². The molecule has 1 saturated carbocycles. The highest BCUT2D eigenvalue weighted by atomic mass is 16.7. The molecule has 1 aliphatic carbocycles. The largest absolute Gasteiger partial charge is 0.466 e. The zero-order valence-electron chi connectivity index (χ0n) is 19.2. The molecule has 0 spiro atoms. The Balaban J connectivity index is 1.79. The Morgan fingerprint density at radius 2 is 2.03 bits per heavy atom. The molecule has 0 N–H and O–H groups in total. The molecule has 1 aliphatic heterocycles. The van der Waals surface area contributed by atoms with Gasteiger partial charge in [0.05, 0.1) is 30.4 Å². The van der Waals surface area contributed by atoms with Crippen molar-refractivity contribution in [1.82, 2.24) is 14.7 Å². The van der Waals surface area contributed by atoms with E-state index in [-0.39, 0.29) is 35.4 Å². The lowest BCUT2D eigenvalue weighted by Gasteiger charge is -2.28. The molecule has 3 rings (SSSR count). The van der Waals surface area contributed by atoms with Crippen LogP contribution in [0.4, 0.5) is 0 Å². The van der Waals surface area contributed by atoms with Crippen molar-refractivity contribution in [3.05, 3.63) is 17.5 Å². The SMILES string of the molecule is CCOC(=O)[C@@H]1C[C@H]1CN(C[C@@H]1COC(C)(C)O1)C(=O)c1cc(C)nn1C(C)(C)C. The summed E-state index contributed by atoms with van der Waals surface area (Å²) < 4.78 is 18.6. The number of hydrogen-bond acceptors (Lipinski definition) is 6. The van der Waals surface area contributed by atoms with Crippen LogP contribution in [0.15, 0.2) is 6.07 Å². The first kappa shape index (κ1) is 22.7. The molecule has 2 aliphatic rings. The molecule has 0 bridgehead atoms. The van der Waals surface area contributed by atoms with Crippen molar-refractivity contribution in [3.63, 3.8) is 0 Å². The van der Waals surface area contributed by atoms with Crippen LogP contribution in [0.2, 0.25) is 0 Å². The number of aromatic nitrogens is 2. The van der Waals surface area contributed by atoms with E-state index in [2.05, 4.69) is 5.10 Å². The van der Waals surface area contributed by atoms with Gasteiger partial charge in [-0.15, -0.1) is 0 Å². The zero-order valence-corrected chi connectivity index (χ0v) is 19.2. The van der Waals surface area contributed by atoms with E-state index in [9.17, 15) is 9.59 Å². The zero-order chi connectivity index (χ0) is 22.3. The minimum absolute atomic E-state index is 0.103. The van der Waals surface area contributed by atoms with Gasteiger partial charge >= 0.3 is 5.97 Å². The van der Waals surface area contributed by atoms with E-state index in [0.29, 0.717) is 32.0 Å². The topological polar surface area (TPSA) is 82.9 Å². The second-order valence-corrected chi connectivity index (χ2v) is 9.77. The molecule has 2 fully saturated rings. The van der Waals surface area contributed by atoms with E-state index >= 15 is 0 Å². The molecule has 8 heteroatoms. The Morgan fingerprint density at radius 1 is 1.33 bits per heavy atom. The van der Waals surface area contributed by atoms with E-state index < -0.39 is 5.79 Å². The third kappa shape index (κ3) is 5.21. The summed E-state index contributed by atoms with van der Waals surface area (Å²) in [5, 5.41) is 4.54. The molecule has 1 aromatic rings. The van der Waals surface area contributed by atoms with Gasteiger partial charge < -0.3 is 19.1 Å². The third-order valence-corrected chi connectivity index (χ3v) is 5.43. The summed E-state index contributed by atoms with van der Waals surface area (Å²) in [6.07, 6.45) is 0.532. The summed E-state index contributed by atoms with van der Waals surface area (Å²) in [6.45, 7) is 15.2. The molecule has 1 aromatic heterocycles. The van der Waals surface area contributed by atoms with E-state index in [1.54, 1.807) is 16.5 Å². The molecule has 0 aromatic carbocycles. The monoisotopic (exact) mass is 421 g/mol. The fourth-order valence-electron chi connectivity index (χ4n) is 3.93. The van der Waals surface area contributed by atoms with Crippen molar-refractivity contribution < 1.29 is 23.8 Å². The number of carbonyl (C=O) groups excluding carboxylic acids is 2. The summed E-state index contributed by atoms with van der Waals surface area (Å²) in [7, 11) is 0. The molecular formula is C22H35N3O5. The number of nitrogens with zero attached hydrogens (tertiary/aromatic N) is 3. The van der Waals surface area contributed by atoms with E-state index in [1.165, 1.54) is 0 Å². The lowest BCUT2D eigenvalue weighted by Crippen LogP contribution is -2.42. The highest BCUT2D eigenvalue weighted by Gasteiger charge is 2.46. The summed E-state index contributed by atoms with van der Waals surface area (Å²) in [5.74, 6) is -0.960. The summed E-state index contributed by atoms with van der Waals surface area (Å²) in [4.78, 5) is 27.5. The number of amides is 1. The van der Waals surface area contributed by atoms with Crippen molar-refractivity contribution in [2.75, 3.05) is 26.3 Å². The van der Waals surface area contributed by atoms with Gasteiger partial charge in [0.15, 0.2) is 5.79 Å². The maximum absolute atomic E-state index is 13.6. The predicted octanol–water partition coefficient (Wildman–Crippen LogP) is 2.74. The molecule has 3 atom stereocenters. The highest BCUT2D eigenvalue weighted by molar-refractivity contribution is 5.93. The van der Waals surface area contributed by atoms with E-state index in [4.69, 9.17) is 14.2 Å². The summed E-state index contributed by atoms with van der Waals surface area (Å²) in [6, 6.07) is 1.83. The van der Waals surface area contributed by atoms with Gasteiger partial charge in [-0.3, -0.25) is 14.3 Å². The fraction of sp³-hybridized carbons (Fsp3) is 0.773. The first-order chi connectivity index (χ1) is 13.9. The Bertz CT molecular complexity index is 795. The summed E-state index contributed by atoms with van der Waals surface area (Å²) in [5.41, 5.74) is 1.02. The van der Waals surface area contributed by atoms with Crippen molar-refractivity contribution in [3.8, 4) is 0 Å². The lowest BCUT2D eigenvalue weighted by atomic mass is 10.1. The normalized spacial score (nSPS) is 25.2. The van der Waals surface area contributed by atoms with Gasteiger partial charge in [0.1, 0.15) is 11.8 Å². The predicted molar refractivity (Wildman–Crippen MR) is 111 cm³/mol. The molecule has 0 radical (unpaired) electrons. The Labute approximate surface area is 178 Å². The van der Waals surface area contributed by atoms with E-state index in [0.717, 1.165) is 12.1 Å². The van der Waals surface area contributed by atoms with Crippen LogP contribution < -0.4 is 0 Å². The highest BCUT2D eigenvalue weighted by Crippen LogP contribution is 2.40. The second kappa shape index (κ2) is 8.30. The molecule has 1 amide bonds. The average molecular weight is 422 g/mol. The van der Waals surface area contributed by atoms with Gasteiger partial charge in [0.2, 0.25) is 0 Å². The van der Waals surface area contributed by atoms with Crippen molar-refractivity contribution >= 4 is 11.9 Å². The molecule has 8 nitrogen and oxygen atoms in total. The number of rotatable bonds is 7. The quantitative estimate of drug-likeness (QED) is 0.630. The Morgan fingerprint density at radius 3 is 2.60 bits per heavy atom. The third-order valence-electron chi connectivity index (χ3n) is 5.43. The number of aryl methyl sites for hydroxylation is 1. The van der Waals surface area contributed by atoms with Gasteiger partial charge in [-0.1, -0.05) is 0 Å². The maximum atomic E-state index is 13.6.